The van der Waals surface area contributed by atoms with Gasteiger partial charge in [-0.2, -0.15) is 4.98 Å². The molecule has 8 nitrogen and oxygen atoms in total. The van der Waals surface area contributed by atoms with Crippen molar-refractivity contribution in [2.24, 2.45) is 0 Å². The smallest absolute Gasteiger partial charge is 0.255 e. The van der Waals surface area contributed by atoms with E-state index in [4.69, 9.17) is 14.6 Å². The van der Waals surface area contributed by atoms with Crippen LogP contribution in [-0.2, 0) is 11.4 Å². The summed E-state index contributed by atoms with van der Waals surface area (Å²) in [7, 11) is 1.60. The summed E-state index contributed by atoms with van der Waals surface area (Å²) in [4.78, 5) is 18.5. The predicted octanol–water partition coefficient (Wildman–Crippen LogP) is 6.98. The van der Waals surface area contributed by atoms with E-state index >= 15 is 0 Å². The SMILES string of the molecule is CCSc1nc2n(n1)C(c1cc(Br)c(OCc3ccccc3)c(OC)c1)C(C(=O)Nc1cccc(C)c1)=C(C)N2. The van der Waals surface area contributed by atoms with E-state index in [0.29, 0.717) is 45.0 Å². The number of aromatic nitrogens is 3. The minimum Gasteiger partial charge on any atom is -0.493 e. The predicted molar refractivity (Wildman–Crippen MR) is 162 cm³/mol. The summed E-state index contributed by atoms with van der Waals surface area (Å²) in [5.41, 5.74) is 4.84. The average Bonchev–Trinajstić information content (AvgIpc) is 3.33. The molecule has 0 bridgehead atoms. The van der Waals surface area contributed by atoms with Gasteiger partial charge in [0.1, 0.15) is 12.6 Å². The van der Waals surface area contributed by atoms with Crippen molar-refractivity contribution >= 4 is 45.2 Å². The van der Waals surface area contributed by atoms with Gasteiger partial charge in [0, 0.05) is 11.4 Å². The molecule has 1 amide bonds. The Bertz CT molecular complexity index is 1570. The van der Waals surface area contributed by atoms with Crippen molar-refractivity contribution in [1.82, 2.24) is 14.8 Å². The van der Waals surface area contributed by atoms with Gasteiger partial charge in [-0.05, 0) is 76.5 Å². The fourth-order valence-electron chi connectivity index (χ4n) is 4.61. The highest BCUT2D eigenvalue weighted by Gasteiger charge is 2.35. The van der Waals surface area contributed by atoms with E-state index in [-0.39, 0.29) is 5.91 Å². The molecule has 5 rings (SSSR count). The fourth-order valence-corrected chi connectivity index (χ4v) is 5.74. The molecule has 40 heavy (non-hydrogen) atoms. The number of thioether (sulfide) groups is 1. The number of hydrogen-bond donors (Lipinski definition) is 2. The number of ether oxygens (including phenoxy) is 2. The van der Waals surface area contributed by atoms with Gasteiger partial charge in [0.2, 0.25) is 11.1 Å². The lowest BCUT2D eigenvalue weighted by Gasteiger charge is -2.29. The zero-order chi connectivity index (χ0) is 28.2. The van der Waals surface area contributed by atoms with Crippen LogP contribution in [0.3, 0.4) is 0 Å². The number of benzene rings is 3. The summed E-state index contributed by atoms with van der Waals surface area (Å²) in [6.45, 7) is 6.31. The molecule has 0 fully saturated rings. The fraction of sp³-hybridized carbons (Fsp3) is 0.233. The molecule has 1 unspecified atom stereocenters. The summed E-state index contributed by atoms with van der Waals surface area (Å²) < 4.78 is 14.4. The molecule has 10 heteroatoms. The summed E-state index contributed by atoms with van der Waals surface area (Å²) in [5.74, 6) is 2.29. The van der Waals surface area contributed by atoms with Gasteiger partial charge in [0.15, 0.2) is 11.5 Å². The minimum atomic E-state index is -0.562. The lowest BCUT2D eigenvalue weighted by atomic mass is 9.94. The van der Waals surface area contributed by atoms with Crippen LogP contribution < -0.4 is 20.1 Å². The van der Waals surface area contributed by atoms with E-state index in [1.807, 2.05) is 80.6 Å². The van der Waals surface area contributed by atoms with Crippen molar-refractivity contribution in [3.05, 3.63) is 99.2 Å². The first-order valence-corrected chi connectivity index (χ1v) is 14.6. The highest BCUT2D eigenvalue weighted by molar-refractivity contribution is 9.10. The molecule has 0 aliphatic carbocycles. The normalized spacial score (nSPS) is 14.4. The van der Waals surface area contributed by atoms with Crippen LogP contribution >= 0.6 is 27.7 Å². The molecule has 2 heterocycles. The van der Waals surface area contributed by atoms with E-state index in [2.05, 4.69) is 38.5 Å². The quantitative estimate of drug-likeness (QED) is 0.195. The first kappa shape index (κ1) is 27.8. The van der Waals surface area contributed by atoms with Crippen LogP contribution in [0.25, 0.3) is 0 Å². The minimum absolute atomic E-state index is 0.231. The Balaban J connectivity index is 1.56. The van der Waals surface area contributed by atoms with Crippen LogP contribution in [0.2, 0.25) is 0 Å². The van der Waals surface area contributed by atoms with Crippen molar-refractivity contribution in [3.63, 3.8) is 0 Å². The van der Waals surface area contributed by atoms with Gasteiger partial charge >= 0.3 is 0 Å². The second-order valence-electron chi connectivity index (χ2n) is 9.29. The third-order valence-corrected chi connectivity index (χ3v) is 7.73. The number of nitrogens with one attached hydrogen (secondary N) is 2. The second kappa shape index (κ2) is 12.2. The highest BCUT2D eigenvalue weighted by atomic mass is 79.9. The van der Waals surface area contributed by atoms with E-state index in [1.165, 1.54) is 0 Å². The molecule has 1 atom stereocenters. The monoisotopic (exact) mass is 619 g/mol. The molecule has 4 aromatic rings. The van der Waals surface area contributed by atoms with Crippen molar-refractivity contribution in [1.29, 1.82) is 0 Å². The first-order valence-electron chi connectivity index (χ1n) is 12.9. The molecule has 0 radical (unpaired) electrons. The van der Waals surface area contributed by atoms with Crippen LogP contribution in [0.4, 0.5) is 11.6 Å². The Morgan fingerprint density at radius 2 is 1.93 bits per heavy atom. The number of aryl methyl sites for hydroxylation is 1. The lowest BCUT2D eigenvalue weighted by Crippen LogP contribution is -2.31. The molecule has 0 spiro atoms. The maximum absolute atomic E-state index is 13.8. The molecule has 206 valence electrons. The Labute approximate surface area is 246 Å². The van der Waals surface area contributed by atoms with Crippen LogP contribution in [0, 0.1) is 6.92 Å². The van der Waals surface area contributed by atoms with Crippen LogP contribution in [0.15, 0.2) is 87.6 Å². The van der Waals surface area contributed by atoms with E-state index < -0.39 is 6.04 Å². The second-order valence-corrected chi connectivity index (χ2v) is 11.4. The number of amides is 1. The molecule has 2 N–H and O–H groups in total. The summed E-state index contributed by atoms with van der Waals surface area (Å²) >= 11 is 5.24. The zero-order valence-electron chi connectivity index (χ0n) is 22.7. The third-order valence-electron chi connectivity index (χ3n) is 6.42. The summed E-state index contributed by atoms with van der Waals surface area (Å²) in [6.07, 6.45) is 0. The molecule has 1 aliphatic rings. The number of nitrogens with zero attached hydrogens (tertiary/aromatic N) is 3. The van der Waals surface area contributed by atoms with Crippen molar-refractivity contribution in [2.75, 3.05) is 23.5 Å². The third kappa shape index (κ3) is 5.88. The maximum atomic E-state index is 13.8. The van der Waals surface area contributed by atoms with Crippen molar-refractivity contribution in [3.8, 4) is 11.5 Å². The Kier molecular flexibility index (Phi) is 8.46. The van der Waals surface area contributed by atoms with E-state index in [1.54, 1.807) is 23.6 Å². The van der Waals surface area contributed by atoms with Crippen molar-refractivity contribution < 1.29 is 14.3 Å². The Morgan fingerprint density at radius 1 is 1.12 bits per heavy atom. The molecular weight excluding hydrogens is 590 g/mol. The van der Waals surface area contributed by atoms with Gasteiger partial charge in [-0.3, -0.25) is 4.79 Å². The summed E-state index contributed by atoms with van der Waals surface area (Å²) in [5, 5.41) is 11.8. The first-order chi connectivity index (χ1) is 19.4. The van der Waals surface area contributed by atoms with Crippen LogP contribution in [0.5, 0.6) is 11.5 Å². The van der Waals surface area contributed by atoms with Gasteiger partial charge < -0.3 is 20.1 Å². The molecule has 1 aromatic heterocycles. The number of allylic oxidation sites excluding steroid dienone is 1. The maximum Gasteiger partial charge on any atom is 0.255 e. The highest BCUT2D eigenvalue weighted by Crippen LogP contribution is 2.43. The van der Waals surface area contributed by atoms with Gasteiger partial charge in [-0.25, -0.2) is 4.68 Å². The number of carbonyl (C=O) groups is 1. The zero-order valence-corrected chi connectivity index (χ0v) is 25.1. The Hall–Kier alpha value is -3.76. The number of anilines is 2. The average molecular weight is 621 g/mol. The number of carbonyl (C=O) groups excluding carboxylic acids is 1. The number of hydrogen-bond acceptors (Lipinski definition) is 7. The van der Waals surface area contributed by atoms with Gasteiger partial charge in [-0.15, -0.1) is 5.10 Å². The molecular formula is C30H30BrN5O3S. The van der Waals surface area contributed by atoms with Gasteiger partial charge in [0.25, 0.3) is 5.91 Å². The standard InChI is InChI=1S/C30H30BrN5O3S/c1-5-40-30-34-29-32-19(3)25(28(37)33-22-13-9-10-18(2)14-22)26(36(29)35-30)21-15-23(31)27(24(16-21)38-4)39-17-20-11-7-6-8-12-20/h6-16,26H,5,17H2,1-4H3,(H,33,37)(H,32,34,35). The largest absolute Gasteiger partial charge is 0.493 e. The lowest BCUT2D eigenvalue weighted by molar-refractivity contribution is -0.113. The van der Waals surface area contributed by atoms with E-state index in [0.717, 1.165) is 28.1 Å². The molecule has 0 saturated carbocycles. The summed E-state index contributed by atoms with van der Waals surface area (Å²) in [6, 6.07) is 20.9. The van der Waals surface area contributed by atoms with Gasteiger partial charge in [0.05, 0.1) is 17.2 Å². The molecule has 3 aromatic carbocycles. The van der Waals surface area contributed by atoms with Crippen molar-refractivity contribution in [2.45, 2.75) is 38.6 Å². The number of halogens is 1. The Morgan fingerprint density at radius 3 is 2.65 bits per heavy atom. The van der Waals surface area contributed by atoms with Gasteiger partial charge in [-0.1, -0.05) is 61.2 Å². The van der Waals surface area contributed by atoms with Crippen LogP contribution in [-0.4, -0.2) is 33.5 Å². The topological polar surface area (TPSA) is 90.3 Å². The molecule has 1 aliphatic heterocycles. The number of rotatable bonds is 9. The number of methoxy groups -OCH3 is 1. The molecule has 0 saturated heterocycles. The number of fused-ring (bicyclic) bond motifs is 1. The van der Waals surface area contributed by atoms with E-state index in [9.17, 15) is 4.79 Å². The van der Waals surface area contributed by atoms with Crippen LogP contribution in [0.1, 0.15) is 36.6 Å².